The van der Waals surface area contributed by atoms with Crippen LogP contribution in [0.5, 0.6) is 0 Å². The van der Waals surface area contributed by atoms with E-state index in [0.29, 0.717) is 10.8 Å². The van der Waals surface area contributed by atoms with E-state index in [1.54, 1.807) is 6.42 Å². The lowest BCUT2D eigenvalue weighted by Gasteiger charge is -2.60. The molecule has 1 heteroatoms. The lowest BCUT2D eigenvalue weighted by atomic mass is 9.45. The van der Waals surface area contributed by atoms with Gasteiger partial charge in [-0.2, -0.15) is 0 Å². The molecule has 0 aromatic carbocycles. The normalized spacial score (nSPS) is 53.4. The molecule has 4 aliphatic carbocycles. The summed E-state index contributed by atoms with van der Waals surface area (Å²) in [4.78, 5) is 4.61. The van der Waals surface area contributed by atoms with E-state index in [4.69, 9.17) is 0 Å². The van der Waals surface area contributed by atoms with Crippen molar-refractivity contribution in [2.24, 2.45) is 45.4 Å². The Balaban J connectivity index is 1.62. The average molecular weight is 316 g/mol. The molecule has 1 nitrogen and oxygen atoms in total. The third-order valence-corrected chi connectivity index (χ3v) is 9.44. The van der Waals surface area contributed by atoms with Gasteiger partial charge in [0.15, 0.2) is 0 Å². The summed E-state index contributed by atoms with van der Waals surface area (Å²) in [6.07, 6.45) is 15.0. The van der Waals surface area contributed by atoms with Gasteiger partial charge in [-0.25, -0.2) is 0 Å². The Hall–Kier alpha value is -0.330. The van der Waals surface area contributed by atoms with Crippen molar-refractivity contribution in [3.63, 3.8) is 0 Å². The maximum absolute atomic E-state index is 4.61. The van der Waals surface area contributed by atoms with Crippen molar-refractivity contribution in [3.8, 4) is 0 Å². The van der Waals surface area contributed by atoms with Crippen LogP contribution < -0.4 is 0 Å². The monoisotopic (exact) mass is 315 g/mol. The molecule has 0 heterocycles. The Bertz CT molecular complexity index is 494. The summed E-state index contributed by atoms with van der Waals surface area (Å²) in [6, 6.07) is 0. The molecular weight excluding hydrogens is 278 g/mol. The molecule has 0 aromatic heterocycles. The Morgan fingerprint density at radius 3 is 2.39 bits per heavy atom. The van der Waals surface area contributed by atoms with Crippen LogP contribution in [0.25, 0.3) is 0 Å². The van der Waals surface area contributed by atoms with Crippen molar-refractivity contribution in [1.82, 2.24) is 0 Å². The first-order valence-electron chi connectivity index (χ1n) is 10.4. The van der Waals surface area contributed by atoms with E-state index in [9.17, 15) is 0 Å². The van der Waals surface area contributed by atoms with Gasteiger partial charge < -0.3 is 0 Å². The van der Waals surface area contributed by atoms with Crippen LogP contribution in [0, 0.1) is 40.4 Å². The van der Waals surface area contributed by atoms with Crippen molar-refractivity contribution in [3.05, 3.63) is 0 Å². The zero-order valence-corrected chi connectivity index (χ0v) is 15.9. The highest BCUT2D eigenvalue weighted by molar-refractivity contribution is 5.85. The van der Waals surface area contributed by atoms with E-state index in [1.807, 2.05) is 7.05 Å². The first kappa shape index (κ1) is 16.2. The molecule has 0 bridgehead atoms. The predicted octanol–water partition coefficient (Wildman–Crippen LogP) is 6.13. The molecule has 0 aliphatic heterocycles. The zero-order valence-electron chi connectivity index (χ0n) is 15.9. The molecule has 7 atom stereocenters. The van der Waals surface area contributed by atoms with Crippen molar-refractivity contribution in [2.75, 3.05) is 7.05 Å². The van der Waals surface area contributed by atoms with Crippen LogP contribution in [-0.4, -0.2) is 12.8 Å². The fraction of sp³-hybridized carbons (Fsp3) is 0.955. The smallest absolute Gasteiger partial charge is 0.0276 e. The molecule has 7 unspecified atom stereocenters. The highest BCUT2D eigenvalue weighted by atomic mass is 14.7. The zero-order chi connectivity index (χ0) is 16.2. The second-order valence-corrected chi connectivity index (χ2v) is 9.94. The summed E-state index contributed by atoms with van der Waals surface area (Å²) >= 11 is 0. The maximum Gasteiger partial charge on any atom is 0.0276 e. The minimum absolute atomic E-state index is 0.558. The number of aliphatic imine (C=N–C) groups is 1. The Kier molecular flexibility index (Phi) is 3.93. The highest BCUT2D eigenvalue weighted by Crippen LogP contribution is 2.67. The molecular formula is C22H37N. The summed E-state index contributed by atoms with van der Waals surface area (Å²) in [5.41, 5.74) is 2.68. The van der Waals surface area contributed by atoms with Crippen molar-refractivity contribution in [1.29, 1.82) is 0 Å². The molecule has 0 N–H and O–H groups in total. The van der Waals surface area contributed by atoms with E-state index in [2.05, 4.69) is 25.8 Å². The summed E-state index contributed by atoms with van der Waals surface area (Å²) in [5.74, 6) is 4.89. The third-order valence-electron chi connectivity index (χ3n) is 9.44. The molecule has 130 valence electrons. The maximum atomic E-state index is 4.61. The summed E-state index contributed by atoms with van der Waals surface area (Å²) in [5, 5.41) is 0. The van der Waals surface area contributed by atoms with Crippen LogP contribution in [0.4, 0.5) is 0 Å². The molecule has 4 rings (SSSR count). The van der Waals surface area contributed by atoms with Crippen LogP contribution in [-0.2, 0) is 0 Å². The molecule has 4 saturated carbocycles. The number of hydrogen-bond acceptors (Lipinski definition) is 1. The van der Waals surface area contributed by atoms with Gasteiger partial charge in [0.1, 0.15) is 0 Å². The topological polar surface area (TPSA) is 12.4 Å². The van der Waals surface area contributed by atoms with Gasteiger partial charge in [-0.05, 0) is 92.8 Å². The van der Waals surface area contributed by atoms with Gasteiger partial charge in [0.05, 0.1) is 0 Å². The second kappa shape index (κ2) is 5.60. The van der Waals surface area contributed by atoms with Crippen LogP contribution in [0.15, 0.2) is 4.99 Å². The standard InChI is InChI=1S/C22H37N/c1-15(23-4)18-10-11-19-17-9-8-16-7-5-6-13-21(16,2)20(17)12-14-22(18,19)3/h16-20H,5-14H2,1-4H3/b23-15+. The molecule has 23 heavy (non-hydrogen) atoms. The van der Waals surface area contributed by atoms with Gasteiger partial charge in [-0.3, -0.25) is 4.99 Å². The quantitative estimate of drug-likeness (QED) is 0.516. The Labute approximate surface area is 143 Å². The van der Waals surface area contributed by atoms with Gasteiger partial charge in [0.25, 0.3) is 0 Å². The fourth-order valence-electron chi connectivity index (χ4n) is 8.14. The van der Waals surface area contributed by atoms with Gasteiger partial charge in [0.2, 0.25) is 0 Å². The number of fused-ring (bicyclic) bond motifs is 5. The second-order valence-electron chi connectivity index (χ2n) is 9.94. The predicted molar refractivity (Wildman–Crippen MR) is 98.9 cm³/mol. The van der Waals surface area contributed by atoms with Crippen molar-refractivity contribution < 1.29 is 0 Å². The van der Waals surface area contributed by atoms with Gasteiger partial charge in [-0.1, -0.05) is 26.7 Å². The Morgan fingerprint density at radius 1 is 0.826 bits per heavy atom. The summed E-state index contributed by atoms with van der Waals surface area (Å²) in [6.45, 7) is 7.63. The highest BCUT2D eigenvalue weighted by Gasteiger charge is 2.59. The van der Waals surface area contributed by atoms with E-state index in [0.717, 1.165) is 29.6 Å². The van der Waals surface area contributed by atoms with Crippen LogP contribution in [0.2, 0.25) is 0 Å². The summed E-state index contributed by atoms with van der Waals surface area (Å²) < 4.78 is 0. The molecule has 0 spiro atoms. The van der Waals surface area contributed by atoms with E-state index < -0.39 is 0 Å². The van der Waals surface area contributed by atoms with Crippen molar-refractivity contribution in [2.45, 2.75) is 85.0 Å². The van der Waals surface area contributed by atoms with E-state index >= 15 is 0 Å². The van der Waals surface area contributed by atoms with E-state index in [1.165, 1.54) is 63.5 Å². The van der Waals surface area contributed by atoms with Crippen LogP contribution in [0.1, 0.15) is 85.0 Å². The fourth-order valence-corrected chi connectivity index (χ4v) is 8.14. The van der Waals surface area contributed by atoms with Crippen LogP contribution >= 0.6 is 0 Å². The SMILES string of the molecule is C/N=C(\C)C1CCC2C3CCC4CCCCC4(C)C3CCC12C. The molecule has 4 fully saturated rings. The van der Waals surface area contributed by atoms with Gasteiger partial charge in [-0.15, -0.1) is 0 Å². The first-order valence-corrected chi connectivity index (χ1v) is 10.4. The molecule has 0 aromatic rings. The lowest BCUT2D eigenvalue weighted by molar-refractivity contribution is -0.106. The van der Waals surface area contributed by atoms with Gasteiger partial charge >= 0.3 is 0 Å². The summed E-state index contributed by atoms with van der Waals surface area (Å²) in [7, 11) is 2.01. The molecule has 0 radical (unpaired) electrons. The van der Waals surface area contributed by atoms with Crippen LogP contribution in [0.3, 0.4) is 0 Å². The number of nitrogens with zero attached hydrogens (tertiary/aromatic N) is 1. The Morgan fingerprint density at radius 2 is 1.61 bits per heavy atom. The number of hydrogen-bond donors (Lipinski definition) is 0. The minimum Gasteiger partial charge on any atom is -0.297 e. The lowest BCUT2D eigenvalue weighted by Crippen LogP contribution is -2.53. The third kappa shape index (κ3) is 2.20. The van der Waals surface area contributed by atoms with Crippen molar-refractivity contribution >= 4 is 5.71 Å². The molecule has 0 amide bonds. The largest absolute Gasteiger partial charge is 0.297 e. The number of rotatable bonds is 1. The van der Waals surface area contributed by atoms with Gasteiger partial charge in [0, 0.05) is 18.7 Å². The van der Waals surface area contributed by atoms with E-state index in [-0.39, 0.29) is 0 Å². The minimum atomic E-state index is 0.558. The average Bonchev–Trinajstić information content (AvgIpc) is 2.91. The first-order chi connectivity index (χ1) is 11.0. The molecule has 4 aliphatic rings. The molecule has 0 saturated heterocycles.